The molecule has 112 valence electrons. The summed E-state index contributed by atoms with van der Waals surface area (Å²) in [6.45, 7) is -1.95. The van der Waals surface area contributed by atoms with Crippen molar-refractivity contribution in [3.8, 4) is 5.75 Å². The number of hydrogen-bond acceptors (Lipinski definition) is 2. The Morgan fingerprint density at radius 3 is 2.48 bits per heavy atom. The van der Waals surface area contributed by atoms with E-state index in [1.165, 1.54) is 12.1 Å². The molecule has 0 aromatic heterocycles. The van der Waals surface area contributed by atoms with Crippen LogP contribution >= 0.6 is 23.2 Å². The molecule has 0 aliphatic heterocycles. The van der Waals surface area contributed by atoms with Crippen LogP contribution in [0.15, 0.2) is 42.5 Å². The molecule has 21 heavy (non-hydrogen) atoms. The lowest BCUT2D eigenvalue weighted by Crippen LogP contribution is -2.14. The first-order valence-corrected chi connectivity index (χ1v) is 6.98. The Bertz CT molecular complexity index is 608. The average molecular weight is 332 g/mol. The second-order valence-electron chi connectivity index (χ2n) is 4.36. The van der Waals surface area contributed by atoms with Gasteiger partial charge >= 0.3 is 6.61 Å². The highest BCUT2D eigenvalue weighted by molar-refractivity contribution is 6.30. The van der Waals surface area contributed by atoms with Crippen LogP contribution in [0.25, 0.3) is 0 Å². The molecule has 2 aromatic rings. The molecule has 0 spiro atoms. The molecule has 0 atom stereocenters. The second kappa shape index (κ2) is 7.59. The Hall–Kier alpha value is -1.36. The van der Waals surface area contributed by atoms with Crippen LogP contribution in [0.4, 0.5) is 8.78 Å². The molecule has 0 unspecified atom stereocenters. The molecule has 2 nitrogen and oxygen atoms in total. The van der Waals surface area contributed by atoms with Crippen molar-refractivity contribution in [2.75, 3.05) is 0 Å². The molecule has 2 aromatic carbocycles. The Kier molecular flexibility index (Phi) is 5.79. The molecule has 0 aliphatic carbocycles. The molecule has 0 aliphatic rings. The van der Waals surface area contributed by atoms with E-state index < -0.39 is 6.61 Å². The van der Waals surface area contributed by atoms with E-state index in [0.717, 1.165) is 5.56 Å². The van der Waals surface area contributed by atoms with Crippen LogP contribution in [-0.2, 0) is 13.1 Å². The van der Waals surface area contributed by atoms with Crippen molar-refractivity contribution in [1.82, 2.24) is 5.32 Å². The maximum atomic E-state index is 12.3. The van der Waals surface area contributed by atoms with Gasteiger partial charge in [0.15, 0.2) is 0 Å². The van der Waals surface area contributed by atoms with Crippen molar-refractivity contribution in [1.29, 1.82) is 0 Å². The van der Waals surface area contributed by atoms with E-state index in [1.807, 2.05) is 18.2 Å². The summed E-state index contributed by atoms with van der Waals surface area (Å²) in [4.78, 5) is 0. The fraction of sp³-hybridized carbons (Fsp3) is 0.200. The first-order valence-electron chi connectivity index (χ1n) is 6.23. The zero-order valence-corrected chi connectivity index (χ0v) is 12.5. The molecule has 1 N–H and O–H groups in total. The number of ether oxygens (including phenoxy) is 1. The number of benzene rings is 2. The van der Waals surface area contributed by atoms with Gasteiger partial charge < -0.3 is 10.1 Å². The standard InChI is InChI=1S/C15H13Cl2F2NO/c16-12-3-1-2-10(6-12)8-20-9-11-7-13(17)4-5-14(11)21-15(18)19/h1-7,15,20H,8-9H2. The van der Waals surface area contributed by atoms with Gasteiger partial charge in [0, 0.05) is 28.7 Å². The monoisotopic (exact) mass is 331 g/mol. The average Bonchev–Trinajstić information content (AvgIpc) is 2.41. The summed E-state index contributed by atoms with van der Waals surface area (Å²) in [6, 6.07) is 12.0. The Morgan fingerprint density at radius 2 is 1.76 bits per heavy atom. The number of halogens is 4. The normalized spacial score (nSPS) is 10.9. The first kappa shape index (κ1) is 16.0. The van der Waals surface area contributed by atoms with Crippen molar-refractivity contribution >= 4 is 23.2 Å². The van der Waals surface area contributed by atoms with Crippen LogP contribution in [0, 0.1) is 0 Å². The van der Waals surface area contributed by atoms with Crippen molar-refractivity contribution in [2.45, 2.75) is 19.7 Å². The van der Waals surface area contributed by atoms with Crippen LogP contribution in [-0.4, -0.2) is 6.61 Å². The fourth-order valence-electron chi connectivity index (χ4n) is 1.89. The van der Waals surface area contributed by atoms with Crippen molar-refractivity contribution in [3.05, 3.63) is 63.6 Å². The molecule has 0 amide bonds. The quantitative estimate of drug-likeness (QED) is 0.814. The highest BCUT2D eigenvalue weighted by Crippen LogP contribution is 2.24. The zero-order valence-electron chi connectivity index (χ0n) is 11.0. The van der Waals surface area contributed by atoms with Gasteiger partial charge in [-0.3, -0.25) is 0 Å². The third kappa shape index (κ3) is 5.16. The topological polar surface area (TPSA) is 21.3 Å². The van der Waals surface area contributed by atoms with Gasteiger partial charge in [0.2, 0.25) is 0 Å². The molecule has 2 rings (SSSR count). The van der Waals surface area contributed by atoms with Crippen molar-refractivity contribution in [2.24, 2.45) is 0 Å². The Balaban J connectivity index is 2.00. The number of rotatable bonds is 6. The van der Waals surface area contributed by atoms with Gasteiger partial charge in [-0.25, -0.2) is 0 Å². The van der Waals surface area contributed by atoms with E-state index in [-0.39, 0.29) is 5.75 Å². The molecule has 0 saturated heterocycles. The Morgan fingerprint density at radius 1 is 1.00 bits per heavy atom. The van der Waals surface area contributed by atoms with Gasteiger partial charge in [-0.2, -0.15) is 8.78 Å². The molecule has 0 saturated carbocycles. The molecule has 0 heterocycles. The third-order valence-corrected chi connectivity index (χ3v) is 3.24. The smallest absolute Gasteiger partial charge is 0.387 e. The number of alkyl halides is 2. The molecule has 0 radical (unpaired) electrons. The molecule has 0 bridgehead atoms. The SMILES string of the molecule is FC(F)Oc1ccc(Cl)cc1CNCc1cccc(Cl)c1. The van der Waals surface area contributed by atoms with Gasteiger partial charge in [0.25, 0.3) is 0 Å². The minimum Gasteiger partial charge on any atom is -0.434 e. The van der Waals surface area contributed by atoms with Crippen molar-refractivity contribution in [3.63, 3.8) is 0 Å². The van der Waals surface area contributed by atoms with E-state index in [0.29, 0.717) is 28.7 Å². The predicted molar refractivity (Wildman–Crippen MR) is 80.1 cm³/mol. The van der Waals surface area contributed by atoms with E-state index in [9.17, 15) is 8.78 Å². The maximum absolute atomic E-state index is 12.3. The summed E-state index contributed by atoms with van der Waals surface area (Å²) in [5.74, 6) is 0.119. The maximum Gasteiger partial charge on any atom is 0.387 e. The van der Waals surface area contributed by atoms with Gasteiger partial charge in [0.05, 0.1) is 0 Å². The van der Waals surface area contributed by atoms with E-state index in [1.54, 1.807) is 12.1 Å². The van der Waals surface area contributed by atoms with Crippen LogP contribution < -0.4 is 10.1 Å². The largest absolute Gasteiger partial charge is 0.434 e. The summed E-state index contributed by atoms with van der Waals surface area (Å²) in [6.07, 6.45) is 0. The molecular weight excluding hydrogens is 319 g/mol. The molecule has 0 fully saturated rings. The van der Waals surface area contributed by atoms with Gasteiger partial charge in [-0.05, 0) is 35.9 Å². The summed E-state index contributed by atoms with van der Waals surface area (Å²) >= 11 is 11.8. The highest BCUT2D eigenvalue weighted by Gasteiger charge is 2.10. The van der Waals surface area contributed by atoms with Crippen LogP contribution in [0.1, 0.15) is 11.1 Å². The number of hydrogen-bond donors (Lipinski definition) is 1. The summed E-state index contributed by atoms with van der Waals surface area (Å²) in [5, 5.41) is 4.26. The highest BCUT2D eigenvalue weighted by atomic mass is 35.5. The van der Waals surface area contributed by atoms with Gasteiger partial charge in [-0.1, -0.05) is 35.3 Å². The minimum atomic E-state index is -2.86. The van der Waals surface area contributed by atoms with E-state index in [4.69, 9.17) is 23.2 Å². The van der Waals surface area contributed by atoms with Crippen LogP contribution in [0.2, 0.25) is 10.0 Å². The third-order valence-electron chi connectivity index (χ3n) is 2.77. The fourth-order valence-corrected chi connectivity index (χ4v) is 2.29. The molecular formula is C15H13Cl2F2NO. The van der Waals surface area contributed by atoms with Crippen LogP contribution in [0.3, 0.4) is 0 Å². The lowest BCUT2D eigenvalue weighted by molar-refractivity contribution is -0.0505. The molecule has 6 heteroatoms. The minimum absolute atomic E-state index is 0.119. The second-order valence-corrected chi connectivity index (χ2v) is 5.24. The van der Waals surface area contributed by atoms with E-state index >= 15 is 0 Å². The first-order chi connectivity index (χ1) is 10.0. The lowest BCUT2D eigenvalue weighted by atomic mass is 10.2. The summed E-state index contributed by atoms with van der Waals surface area (Å²) in [5.41, 5.74) is 1.57. The summed E-state index contributed by atoms with van der Waals surface area (Å²) < 4.78 is 29.2. The van der Waals surface area contributed by atoms with Crippen molar-refractivity contribution < 1.29 is 13.5 Å². The number of nitrogens with one attached hydrogen (secondary N) is 1. The predicted octanol–water partition coefficient (Wildman–Crippen LogP) is 4.88. The summed E-state index contributed by atoms with van der Waals surface area (Å²) in [7, 11) is 0. The van der Waals surface area contributed by atoms with Gasteiger partial charge in [0.1, 0.15) is 5.75 Å². The zero-order chi connectivity index (χ0) is 15.2. The Labute approximate surface area is 131 Å². The van der Waals surface area contributed by atoms with E-state index in [2.05, 4.69) is 10.1 Å². The lowest BCUT2D eigenvalue weighted by Gasteiger charge is -2.12. The van der Waals surface area contributed by atoms with Gasteiger partial charge in [-0.15, -0.1) is 0 Å². The van der Waals surface area contributed by atoms with Crippen LogP contribution in [0.5, 0.6) is 5.75 Å².